The molecule has 594 valence electrons. The molecule has 0 aromatic carbocycles. The van der Waals surface area contributed by atoms with Crippen LogP contribution in [0.25, 0.3) is 0 Å². The fourth-order valence-corrected chi connectivity index (χ4v) is 24.4. The smallest absolute Gasteiger partial charge is 0.0890 e. The topological polar surface area (TPSA) is 0 Å². The maximum Gasteiger partial charge on any atom is 0.0890 e. The minimum absolute atomic E-state index is 0. The predicted molar refractivity (Wildman–Crippen MR) is 445 cm³/mol. The molecule has 7 heteroatoms. The van der Waals surface area contributed by atoms with Gasteiger partial charge in [-0.1, -0.05) is 76.2 Å². The van der Waals surface area contributed by atoms with Crippen LogP contribution in [-0.4, -0.2) is 213 Å². The van der Waals surface area contributed by atoms with Gasteiger partial charge in [-0.15, -0.1) is 0 Å². The standard InChI is InChI=1S/C13H26N.6C12H24N.7CH3/c1-11-7-6-10-14(8-4-5-9-14)13(3)12(11)2;1-11-5-9-13(7-3-4-8-13)10-6-12(11)2;1-11-6-5-7-12(2)13(10-11)8-3-4-9-13;1-11-5-6-12(2)10-13(9-11)7-3-4-8-13;1-11-6-5-9-13(10-12(11)2)7-3-4-8-13;1-11-7-3-4-8-12(2)13(11)9-5-6-10-13;1-11-5-8-13(6-3-4-7-13)10-12(2)9-11;;;;;;;/h11-13H,4-10H2,1-3H3;6*11-12H,3-10H2,1-2H3;7*1H3/q7*+1;7*-1. The summed E-state index contributed by atoms with van der Waals surface area (Å²) in [7, 11) is 0. The summed E-state index contributed by atoms with van der Waals surface area (Å²) in [6, 6.07) is 3.75. The van der Waals surface area contributed by atoms with E-state index in [9.17, 15) is 0 Å². The summed E-state index contributed by atoms with van der Waals surface area (Å²) in [5.74, 6) is 10.6. The van der Waals surface area contributed by atoms with Gasteiger partial charge >= 0.3 is 0 Å². The first kappa shape index (κ1) is 96.7. The van der Waals surface area contributed by atoms with Crippen LogP contribution in [0.3, 0.4) is 0 Å². The summed E-state index contributed by atoms with van der Waals surface area (Å²) in [5, 5.41) is 0. The Balaban J connectivity index is 0.000000571. The second-order valence-corrected chi connectivity index (χ2v) is 38.8. The zero-order chi connectivity index (χ0) is 66.1. The van der Waals surface area contributed by atoms with Gasteiger partial charge in [-0.05, 0) is 166 Å². The molecule has 0 N–H and O–H groups in total. The molecule has 14 aliphatic heterocycles. The van der Waals surface area contributed by atoms with Crippen LogP contribution in [0.2, 0.25) is 0 Å². The van der Waals surface area contributed by atoms with Crippen molar-refractivity contribution >= 4 is 0 Å². The molecule has 0 aromatic heterocycles. The quantitative estimate of drug-likeness (QED) is 0.168. The average molecular weight is 1400 g/mol. The van der Waals surface area contributed by atoms with Crippen molar-refractivity contribution in [2.45, 2.75) is 327 Å². The third-order valence-electron chi connectivity index (χ3n) is 31.5. The Morgan fingerprint density at radius 2 is 0.535 bits per heavy atom. The summed E-state index contributed by atoms with van der Waals surface area (Å²) < 4.78 is 10.3. The molecule has 0 saturated carbocycles. The molecule has 0 aliphatic carbocycles. The van der Waals surface area contributed by atoms with Gasteiger partial charge in [0.1, 0.15) is 0 Å². The van der Waals surface area contributed by atoms with Crippen molar-refractivity contribution in [1.82, 2.24) is 0 Å². The van der Waals surface area contributed by atoms with Crippen molar-refractivity contribution in [2.24, 2.45) is 65.1 Å². The number of quaternary nitrogens is 7. The van der Waals surface area contributed by atoms with Gasteiger partial charge < -0.3 is 83.4 Å². The van der Waals surface area contributed by atoms with Crippen molar-refractivity contribution < 1.29 is 31.4 Å². The van der Waals surface area contributed by atoms with Crippen LogP contribution >= 0.6 is 0 Å². The third-order valence-corrected chi connectivity index (χ3v) is 31.5. The van der Waals surface area contributed by atoms with Gasteiger partial charge in [-0.2, -0.15) is 0 Å². The van der Waals surface area contributed by atoms with Crippen molar-refractivity contribution in [1.29, 1.82) is 0 Å². The molecule has 14 aliphatic rings. The summed E-state index contributed by atoms with van der Waals surface area (Å²) in [6.45, 7) is 72.5. The molecule has 15 unspecified atom stereocenters. The Morgan fingerprint density at radius 1 is 0.192 bits per heavy atom. The fraction of sp³-hybridized carbons (Fsp3) is 0.924. The summed E-state index contributed by atoms with van der Waals surface area (Å²) >= 11 is 0. The lowest BCUT2D eigenvalue weighted by Gasteiger charge is -2.43. The van der Waals surface area contributed by atoms with Gasteiger partial charge in [0.2, 0.25) is 0 Å². The van der Waals surface area contributed by atoms with Crippen LogP contribution in [0.1, 0.15) is 303 Å². The van der Waals surface area contributed by atoms with Crippen LogP contribution < -0.4 is 0 Å². The van der Waals surface area contributed by atoms with Gasteiger partial charge in [-0.25, -0.2) is 0 Å². The number of hydrogen-bond acceptors (Lipinski definition) is 0. The highest BCUT2D eigenvalue weighted by Crippen LogP contribution is 2.40. The summed E-state index contributed by atoms with van der Waals surface area (Å²) in [4.78, 5) is 0. The molecule has 7 spiro atoms. The Kier molecular flexibility index (Phi) is 44.5. The largest absolute Gasteiger partial charge is 0.358 e. The maximum atomic E-state index is 2.51. The van der Waals surface area contributed by atoms with Gasteiger partial charge in [0.05, 0.1) is 181 Å². The van der Waals surface area contributed by atoms with E-state index in [-0.39, 0.29) is 52.0 Å². The highest BCUT2D eigenvalue weighted by atomic mass is 15.4. The molecule has 14 rings (SSSR count). The number of rotatable bonds is 0. The number of nitrogens with zero attached hydrogens (tertiary/aromatic N) is 7. The minimum Gasteiger partial charge on any atom is -0.358 e. The number of hydrogen-bond donors (Lipinski definition) is 0. The lowest BCUT2D eigenvalue weighted by molar-refractivity contribution is -0.959. The van der Waals surface area contributed by atoms with Crippen LogP contribution in [-0.2, 0) is 0 Å². The molecule has 0 amide bonds. The zero-order valence-corrected chi connectivity index (χ0v) is 72.7. The lowest BCUT2D eigenvalue weighted by atomic mass is 9.87. The zero-order valence-electron chi connectivity index (χ0n) is 72.7. The van der Waals surface area contributed by atoms with Crippen molar-refractivity contribution in [3.05, 3.63) is 52.0 Å². The fourth-order valence-electron chi connectivity index (χ4n) is 24.4. The Labute approximate surface area is 629 Å². The van der Waals surface area contributed by atoms with Crippen molar-refractivity contribution in [2.75, 3.05) is 157 Å². The van der Waals surface area contributed by atoms with Gasteiger partial charge in [0.15, 0.2) is 0 Å². The molecule has 15 atom stereocenters. The maximum absolute atomic E-state index is 2.51. The Bertz CT molecular complexity index is 1960. The van der Waals surface area contributed by atoms with E-state index in [0.29, 0.717) is 0 Å². The van der Waals surface area contributed by atoms with Gasteiger partial charge in [-0.3, -0.25) is 0 Å². The minimum atomic E-state index is 0. The van der Waals surface area contributed by atoms with Crippen LogP contribution in [0.4, 0.5) is 0 Å². The van der Waals surface area contributed by atoms with Gasteiger partial charge in [0, 0.05) is 125 Å². The molecule has 0 bridgehead atoms. The van der Waals surface area contributed by atoms with E-state index in [0.717, 1.165) is 89.3 Å². The first-order valence-corrected chi connectivity index (χ1v) is 43.0. The predicted octanol–water partition coefficient (Wildman–Crippen LogP) is 22.6. The van der Waals surface area contributed by atoms with E-state index in [2.05, 4.69) is 104 Å². The van der Waals surface area contributed by atoms with Crippen LogP contribution in [0.15, 0.2) is 0 Å². The average Bonchev–Trinajstić information content (AvgIpc) is 1.66. The van der Waals surface area contributed by atoms with E-state index in [1.807, 2.05) is 0 Å². The molecule has 0 radical (unpaired) electrons. The second-order valence-electron chi connectivity index (χ2n) is 38.8. The molecule has 0 aromatic rings. The van der Waals surface area contributed by atoms with E-state index in [1.54, 1.807) is 0 Å². The van der Waals surface area contributed by atoms with E-state index in [1.165, 1.54) is 388 Å². The van der Waals surface area contributed by atoms with Crippen LogP contribution in [0.5, 0.6) is 0 Å². The highest BCUT2D eigenvalue weighted by molar-refractivity contribution is 4.78. The normalized spacial score (nSPS) is 36.9. The SMILES string of the molecule is CC1CCC(C)C[N+]2(CCCC2)C1.CC1CCCC(C)[N+]2(CCCC2)C1.CC1CCCCC(C)[N+]12CCCC2.CC1CCC[N+]2(CCCC2)C(C)C1C.CC1CCC[N+]2(CCCC2)CC1C.CC1CC[N+]2(CCCC2)CC(C)C1.CC1CC[N+]2(CCCC2)CCC1C.[CH3-].[CH3-].[CH3-].[CH3-].[CH3-].[CH3-].[CH3-]. The monoisotopic (exact) mass is 1390 g/mol. The molecular weight excluding hydrogens is 1200 g/mol. The van der Waals surface area contributed by atoms with Crippen molar-refractivity contribution in [3.8, 4) is 0 Å². The van der Waals surface area contributed by atoms with Crippen LogP contribution in [0, 0.1) is 117 Å². The lowest BCUT2D eigenvalue weighted by Crippen LogP contribution is -2.56. The Hall–Kier alpha value is -0.280. The van der Waals surface area contributed by atoms with Gasteiger partial charge in [0.25, 0.3) is 0 Å². The molecular formula is C92H191N7. The first-order valence-electron chi connectivity index (χ1n) is 43.0. The van der Waals surface area contributed by atoms with Crippen molar-refractivity contribution in [3.63, 3.8) is 0 Å². The third kappa shape index (κ3) is 27.1. The molecule has 14 heterocycles. The van der Waals surface area contributed by atoms with E-state index >= 15 is 0 Å². The summed E-state index contributed by atoms with van der Waals surface area (Å²) in [5.41, 5.74) is 0. The highest BCUT2D eigenvalue weighted by Gasteiger charge is 2.46. The molecule has 99 heavy (non-hydrogen) atoms. The summed E-state index contributed by atoms with van der Waals surface area (Å²) in [6.07, 6.45) is 45.8. The first-order chi connectivity index (χ1) is 44.0. The second kappa shape index (κ2) is 45.5. The van der Waals surface area contributed by atoms with E-state index < -0.39 is 0 Å². The molecule has 7 nitrogen and oxygen atoms in total. The molecule has 14 saturated heterocycles. The van der Waals surface area contributed by atoms with E-state index in [4.69, 9.17) is 0 Å². The Morgan fingerprint density at radius 3 is 1.03 bits per heavy atom. The molecule has 14 fully saturated rings.